The molecule has 0 aliphatic carbocycles. The highest BCUT2D eigenvalue weighted by atomic mass is 35.5. The molecule has 0 saturated heterocycles. The predicted molar refractivity (Wildman–Crippen MR) is 48.5 cm³/mol. The topological polar surface area (TPSA) is 26.3 Å². The fourth-order valence-electron chi connectivity index (χ4n) is 0.834. The third-order valence-electron chi connectivity index (χ3n) is 1.40. The zero-order valence-corrected chi connectivity index (χ0v) is 8.15. The van der Waals surface area contributed by atoms with Gasteiger partial charge < -0.3 is 4.74 Å². The molecule has 0 saturated carbocycles. The highest BCUT2D eigenvalue weighted by molar-refractivity contribution is 6.42. The van der Waals surface area contributed by atoms with E-state index >= 15 is 0 Å². The van der Waals surface area contributed by atoms with Gasteiger partial charge in [0.2, 0.25) is 0 Å². The molecule has 0 spiro atoms. The van der Waals surface area contributed by atoms with Crippen LogP contribution >= 0.6 is 23.2 Å². The maximum atomic E-state index is 11.9. The number of carbonyl (C=O) groups is 1. The van der Waals surface area contributed by atoms with Crippen molar-refractivity contribution in [1.29, 1.82) is 0 Å². The van der Waals surface area contributed by atoms with Gasteiger partial charge in [0.1, 0.15) is 5.75 Å². The molecular formula is C8H4Cl2F2O2. The quantitative estimate of drug-likeness (QED) is 0.758. The first-order valence-electron chi connectivity index (χ1n) is 3.43. The van der Waals surface area contributed by atoms with Crippen LogP contribution in [0.4, 0.5) is 8.78 Å². The molecular weight excluding hydrogens is 237 g/mol. The van der Waals surface area contributed by atoms with E-state index in [1.807, 2.05) is 0 Å². The Labute approximate surface area is 88.4 Å². The summed E-state index contributed by atoms with van der Waals surface area (Å²) in [5, 5.41) is 0.156. The Morgan fingerprint density at radius 3 is 2.36 bits per heavy atom. The van der Waals surface area contributed by atoms with E-state index in [-0.39, 0.29) is 21.4 Å². The zero-order valence-electron chi connectivity index (χ0n) is 6.64. The van der Waals surface area contributed by atoms with Crippen molar-refractivity contribution in [3.05, 3.63) is 27.7 Å². The van der Waals surface area contributed by atoms with Crippen molar-refractivity contribution in [2.75, 3.05) is 0 Å². The predicted octanol–water partition coefficient (Wildman–Crippen LogP) is 3.41. The number of ether oxygens (including phenoxy) is 1. The minimum absolute atomic E-state index is 0.0490. The molecule has 0 bridgehead atoms. The maximum Gasteiger partial charge on any atom is 0.387 e. The Bertz CT molecular complexity index is 355. The number of carbonyl (C=O) groups excluding carboxylic acids is 1. The molecule has 0 aliphatic heterocycles. The summed E-state index contributed by atoms with van der Waals surface area (Å²) in [5.74, 6) is -0.288. The Kier molecular flexibility index (Phi) is 3.66. The van der Waals surface area contributed by atoms with Gasteiger partial charge in [-0.3, -0.25) is 4.79 Å². The minimum Gasteiger partial charge on any atom is -0.434 e. The van der Waals surface area contributed by atoms with E-state index in [0.717, 1.165) is 12.1 Å². The molecule has 0 heterocycles. The fraction of sp³-hybridized carbons (Fsp3) is 0.125. The summed E-state index contributed by atoms with van der Waals surface area (Å²) < 4.78 is 27.8. The molecule has 0 atom stereocenters. The molecule has 1 rings (SSSR count). The highest BCUT2D eigenvalue weighted by Crippen LogP contribution is 2.30. The summed E-state index contributed by atoms with van der Waals surface area (Å²) in [6.45, 7) is -3.01. The molecule has 14 heavy (non-hydrogen) atoms. The minimum atomic E-state index is -3.01. The van der Waals surface area contributed by atoms with Crippen LogP contribution in [0.3, 0.4) is 0 Å². The summed E-state index contributed by atoms with van der Waals surface area (Å²) in [4.78, 5) is 10.4. The fourth-order valence-corrected chi connectivity index (χ4v) is 1.16. The van der Waals surface area contributed by atoms with Crippen LogP contribution < -0.4 is 4.74 Å². The monoisotopic (exact) mass is 240 g/mol. The van der Waals surface area contributed by atoms with Crippen LogP contribution in [0, 0.1) is 0 Å². The Morgan fingerprint density at radius 2 is 1.86 bits per heavy atom. The molecule has 1 aromatic carbocycles. The van der Waals surface area contributed by atoms with Gasteiger partial charge in [-0.25, -0.2) is 0 Å². The van der Waals surface area contributed by atoms with Crippen LogP contribution in [0.2, 0.25) is 10.0 Å². The lowest BCUT2D eigenvalue weighted by Gasteiger charge is -2.07. The number of hydrogen-bond donors (Lipinski definition) is 0. The van der Waals surface area contributed by atoms with E-state index in [1.165, 1.54) is 0 Å². The lowest BCUT2D eigenvalue weighted by molar-refractivity contribution is -0.0500. The normalized spacial score (nSPS) is 10.4. The molecule has 0 aliphatic rings. The molecule has 0 amide bonds. The lowest BCUT2D eigenvalue weighted by atomic mass is 10.2. The smallest absolute Gasteiger partial charge is 0.387 e. The molecule has 0 N–H and O–H groups in total. The molecule has 1 aromatic rings. The van der Waals surface area contributed by atoms with Gasteiger partial charge in [-0.2, -0.15) is 8.78 Å². The molecule has 0 unspecified atom stereocenters. The van der Waals surface area contributed by atoms with Crippen molar-refractivity contribution in [2.45, 2.75) is 6.61 Å². The third-order valence-corrected chi connectivity index (χ3v) is 2.12. The van der Waals surface area contributed by atoms with Crippen LogP contribution in [0.5, 0.6) is 5.75 Å². The SMILES string of the molecule is O=Cc1cc(Cl)c(Cl)cc1OC(F)F. The van der Waals surface area contributed by atoms with Gasteiger partial charge in [0, 0.05) is 6.07 Å². The number of halogens is 4. The standard InChI is InChI=1S/C8H4Cl2F2O2/c9-5-1-4(3-13)7(2-6(5)10)14-8(11)12/h1-3,8H. The summed E-state index contributed by atoms with van der Waals surface area (Å²) in [5.41, 5.74) is -0.0697. The van der Waals surface area contributed by atoms with Crippen LogP contribution in [0.25, 0.3) is 0 Å². The maximum absolute atomic E-state index is 11.9. The Hall–Kier alpha value is -0.870. The average Bonchev–Trinajstić information content (AvgIpc) is 2.10. The largest absolute Gasteiger partial charge is 0.434 e. The number of alkyl halides is 2. The van der Waals surface area contributed by atoms with Crippen molar-refractivity contribution in [1.82, 2.24) is 0 Å². The number of aldehydes is 1. The first kappa shape index (κ1) is 11.2. The first-order chi connectivity index (χ1) is 6.54. The van der Waals surface area contributed by atoms with Gasteiger partial charge in [0.05, 0.1) is 15.6 Å². The first-order valence-corrected chi connectivity index (χ1v) is 4.19. The van der Waals surface area contributed by atoms with Crippen LogP contribution in [0.15, 0.2) is 12.1 Å². The van der Waals surface area contributed by atoms with Gasteiger partial charge in [0.25, 0.3) is 0 Å². The second kappa shape index (κ2) is 4.57. The molecule has 0 fully saturated rings. The average molecular weight is 241 g/mol. The van der Waals surface area contributed by atoms with E-state index in [2.05, 4.69) is 4.74 Å². The van der Waals surface area contributed by atoms with Crippen molar-refractivity contribution in [2.24, 2.45) is 0 Å². The Morgan fingerprint density at radius 1 is 1.29 bits per heavy atom. The molecule has 2 nitrogen and oxygen atoms in total. The van der Waals surface area contributed by atoms with Crippen LogP contribution in [-0.4, -0.2) is 12.9 Å². The van der Waals surface area contributed by atoms with Crippen molar-refractivity contribution in [3.8, 4) is 5.75 Å². The van der Waals surface area contributed by atoms with Crippen molar-refractivity contribution in [3.63, 3.8) is 0 Å². The summed E-state index contributed by atoms with van der Waals surface area (Å²) >= 11 is 11.1. The second-order valence-electron chi connectivity index (χ2n) is 2.30. The number of benzene rings is 1. The Balaban J connectivity index is 3.13. The lowest BCUT2D eigenvalue weighted by Crippen LogP contribution is -2.04. The second-order valence-corrected chi connectivity index (χ2v) is 3.11. The van der Waals surface area contributed by atoms with Crippen LogP contribution in [0.1, 0.15) is 10.4 Å². The van der Waals surface area contributed by atoms with E-state index in [4.69, 9.17) is 23.2 Å². The summed E-state index contributed by atoms with van der Waals surface area (Å²) in [6.07, 6.45) is 0.361. The van der Waals surface area contributed by atoms with Crippen molar-refractivity contribution >= 4 is 29.5 Å². The van der Waals surface area contributed by atoms with Crippen LogP contribution in [-0.2, 0) is 0 Å². The molecule has 0 aromatic heterocycles. The van der Waals surface area contributed by atoms with Gasteiger partial charge >= 0.3 is 6.61 Å². The number of rotatable bonds is 3. The van der Waals surface area contributed by atoms with Gasteiger partial charge in [0.15, 0.2) is 6.29 Å². The molecule has 0 radical (unpaired) electrons. The van der Waals surface area contributed by atoms with E-state index in [9.17, 15) is 13.6 Å². The molecule has 6 heteroatoms. The van der Waals surface area contributed by atoms with E-state index < -0.39 is 6.61 Å². The highest BCUT2D eigenvalue weighted by Gasteiger charge is 2.12. The van der Waals surface area contributed by atoms with Gasteiger partial charge in [-0.15, -0.1) is 0 Å². The van der Waals surface area contributed by atoms with E-state index in [0.29, 0.717) is 6.29 Å². The summed E-state index contributed by atoms with van der Waals surface area (Å²) in [7, 11) is 0. The third kappa shape index (κ3) is 2.56. The molecule has 76 valence electrons. The van der Waals surface area contributed by atoms with Crippen molar-refractivity contribution < 1.29 is 18.3 Å². The van der Waals surface area contributed by atoms with Gasteiger partial charge in [-0.05, 0) is 6.07 Å². The number of hydrogen-bond acceptors (Lipinski definition) is 2. The zero-order chi connectivity index (χ0) is 10.7. The van der Waals surface area contributed by atoms with Gasteiger partial charge in [-0.1, -0.05) is 23.2 Å². The van der Waals surface area contributed by atoms with E-state index in [1.54, 1.807) is 0 Å². The summed E-state index contributed by atoms with van der Waals surface area (Å²) in [6, 6.07) is 2.23.